The fourth-order valence-corrected chi connectivity index (χ4v) is 5.68. The molecule has 7 nitrogen and oxygen atoms in total. The fourth-order valence-electron chi connectivity index (χ4n) is 4.60. The van der Waals surface area contributed by atoms with E-state index in [0.717, 1.165) is 17.7 Å². The van der Waals surface area contributed by atoms with Crippen LogP contribution in [0.2, 0.25) is 0 Å². The standard InChI is InChI=1S/C27H25FN6OS/c1-2-16-3-5-17(6-4-16)21-20(15-29)25(31)32-26-22(21)23(30)24(36-26)27(35)34-13-11-33(12-14-34)19-9-7-18(28)8-10-19/h3-10H,2,11-14,30H2,1H3,(H2,31,32). The third-order valence-electron chi connectivity index (χ3n) is 6.62. The maximum atomic E-state index is 13.5. The molecule has 0 unspecified atom stereocenters. The second-order valence-corrected chi connectivity index (χ2v) is 9.69. The second-order valence-electron chi connectivity index (χ2n) is 8.69. The zero-order chi connectivity index (χ0) is 25.4. The molecule has 4 aromatic rings. The van der Waals surface area contributed by atoms with Gasteiger partial charge in [-0.15, -0.1) is 11.3 Å². The summed E-state index contributed by atoms with van der Waals surface area (Å²) in [6, 6.07) is 16.4. The third kappa shape index (κ3) is 4.10. The zero-order valence-corrected chi connectivity index (χ0v) is 20.6. The van der Waals surface area contributed by atoms with Crippen LogP contribution in [0.5, 0.6) is 0 Å². The van der Waals surface area contributed by atoms with Crippen LogP contribution in [0.4, 0.5) is 21.6 Å². The minimum atomic E-state index is -0.276. The molecule has 1 saturated heterocycles. The van der Waals surface area contributed by atoms with Gasteiger partial charge in [0.1, 0.15) is 33.0 Å². The highest BCUT2D eigenvalue weighted by molar-refractivity contribution is 7.21. The number of carbonyl (C=O) groups is 1. The molecule has 182 valence electrons. The van der Waals surface area contributed by atoms with Crippen molar-refractivity contribution < 1.29 is 9.18 Å². The molecule has 1 fully saturated rings. The predicted octanol–water partition coefficient (Wildman–Crippen LogP) is 4.66. The number of hydrogen-bond donors (Lipinski definition) is 2. The molecule has 0 aliphatic carbocycles. The van der Waals surface area contributed by atoms with Gasteiger partial charge in [0.25, 0.3) is 5.91 Å². The van der Waals surface area contributed by atoms with Crippen molar-refractivity contribution in [3.05, 3.63) is 70.4 Å². The molecular formula is C27H25FN6OS. The van der Waals surface area contributed by atoms with Crippen molar-refractivity contribution in [2.75, 3.05) is 42.5 Å². The Hall–Kier alpha value is -4.16. The summed E-state index contributed by atoms with van der Waals surface area (Å²) in [7, 11) is 0. The van der Waals surface area contributed by atoms with Crippen LogP contribution in [0.3, 0.4) is 0 Å². The van der Waals surface area contributed by atoms with Crippen molar-refractivity contribution in [1.82, 2.24) is 9.88 Å². The number of aryl methyl sites for hydroxylation is 1. The molecule has 0 bridgehead atoms. The fraction of sp³-hybridized carbons (Fsp3) is 0.222. The van der Waals surface area contributed by atoms with Crippen LogP contribution in [0.25, 0.3) is 21.3 Å². The highest BCUT2D eigenvalue weighted by Gasteiger charge is 2.29. The number of thiophene rings is 1. The molecule has 0 spiro atoms. The van der Waals surface area contributed by atoms with E-state index >= 15 is 0 Å². The van der Waals surface area contributed by atoms with Gasteiger partial charge in [-0.1, -0.05) is 31.2 Å². The van der Waals surface area contributed by atoms with E-state index in [2.05, 4.69) is 22.9 Å². The molecule has 1 aliphatic rings. The molecular weight excluding hydrogens is 475 g/mol. The number of halogens is 1. The number of aromatic nitrogens is 1. The number of nitrogens with zero attached hydrogens (tertiary/aromatic N) is 4. The SMILES string of the molecule is CCc1ccc(-c2c(C#N)c(N)nc3sc(C(=O)N4CCN(c5ccc(F)cc5)CC4)c(N)c23)cc1. The third-order valence-corrected chi connectivity index (χ3v) is 7.71. The van der Waals surface area contributed by atoms with Gasteiger partial charge < -0.3 is 21.3 Å². The van der Waals surface area contributed by atoms with Gasteiger partial charge in [0, 0.05) is 42.8 Å². The zero-order valence-electron chi connectivity index (χ0n) is 19.8. The molecule has 2 aromatic carbocycles. The van der Waals surface area contributed by atoms with Crippen molar-refractivity contribution in [3.63, 3.8) is 0 Å². The lowest BCUT2D eigenvalue weighted by Gasteiger charge is -2.36. The number of carbonyl (C=O) groups excluding carboxylic acids is 1. The lowest BCUT2D eigenvalue weighted by molar-refractivity contribution is 0.0752. The van der Waals surface area contributed by atoms with E-state index in [0.29, 0.717) is 52.5 Å². The Morgan fingerprint density at radius 1 is 1.08 bits per heavy atom. The molecule has 36 heavy (non-hydrogen) atoms. The van der Waals surface area contributed by atoms with E-state index in [-0.39, 0.29) is 23.1 Å². The van der Waals surface area contributed by atoms with Crippen LogP contribution in [0.15, 0.2) is 48.5 Å². The first-order valence-electron chi connectivity index (χ1n) is 11.7. The molecule has 9 heteroatoms. The van der Waals surface area contributed by atoms with Gasteiger partial charge >= 0.3 is 0 Å². The van der Waals surface area contributed by atoms with Gasteiger partial charge in [-0.25, -0.2) is 9.37 Å². The van der Waals surface area contributed by atoms with E-state index < -0.39 is 0 Å². The van der Waals surface area contributed by atoms with Crippen LogP contribution in [-0.4, -0.2) is 42.0 Å². The van der Waals surface area contributed by atoms with Crippen LogP contribution < -0.4 is 16.4 Å². The average molecular weight is 501 g/mol. The maximum absolute atomic E-state index is 13.5. The highest BCUT2D eigenvalue weighted by atomic mass is 32.1. The number of anilines is 3. The summed E-state index contributed by atoms with van der Waals surface area (Å²) < 4.78 is 13.3. The lowest BCUT2D eigenvalue weighted by Crippen LogP contribution is -2.48. The average Bonchev–Trinajstić information content (AvgIpc) is 3.23. The van der Waals surface area contributed by atoms with Gasteiger partial charge in [-0.2, -0.15) is 5.26 Å². The van der Waals surface area contributed by atoms with Crippen LogP contribution in [0.1, 0.15) is 27.7 Å². The highest BCUT2D eigenvalue weighted by Crippen LogP contribution is 2.43. The first kappa shape index (κ1) is 23.6. The van der Waals surface area contributed by atoms with Gasteiger partial charge in [-0.05, 0) is 41.8 Å². The number of rotatable bonds is 4. The van der Waals surface area contributed by atoms with Crippen molar-refractivity contribution in [2.45, 2.75) is 13.3 Å². The summed E-state index contributed by atoms with van der Waals surface area (Å²) in [4.78, 5) is 22.8. The Morgan fingerprint density at radius 3 is 2.36 bits per heavy atom. The monoisotopic (exact) mass is 500 g/mol. The van der Waals surface area contributed by atoms with E-state index in [1.54, 1.807) is 17.0 Å². The number of piperazine rings is 1. The van der Waals surface area contributed by atoms with E-state index in [4.69, 9.17) is 11.5 Å². The Kier molecular flexibility index (Phi) is 6.20. The van der Waals surface area contributed by atoms with Gasteiger partial charge in [0.05, 0.1) is 5.69 Å². The number of nitriles is 1. The smallest absolute Gasteiger partial charge is 0.266 e. The number of nitrogens with two attached hydrogens (primary N) is 2. The van der Waals surface area contributed by atoms with Crippen molar-refractivity contribution in [2.24, 2.45) is 0 Å². The number of hydrogen-bond acceptors (Lipinski definition) is 7. The maximum Gasteiger partial charge on any atom is 0.266 e. The molecule has 0 radical (unpaired) electrons. The molecule has 1 amide bonds. The number of pyridine rings is 1. The van der Waals surface area contributed by atoms with Crippen LogP contribution >= 0.6 is 11.3 Å². The van der Waals surface area contributed by atoms with Crippen LogP contribution in [-0.2, 0) is 6.42 Å². The van der Waals surface area contributed by atoms with Crippen molar-refractivity contribution in [3.8, 4) is 17.2 Å². The second kappa shape index (κ2) is 9.47. The minimum absolute atomic E-state index is 0.118. The van der Waals surface area contributed by atoms with Gasteiger partial charge in [0.15, 0.2) is 0 Å². The largest absolute Gasteiger partial charge is 0.397 e. The number of benzene rings is 2. The summed E-state index contributed by atoms with van der Waals surface area (Å²) in [5, 5.41) is 10.4. The van der Waals surface area contributed by atoms with E-state index in [1.807, 2.05) is 24.3 Å². The Balaban J connectivity index is 1.48. The predicted molar refractivity (Wildman–Crippen MR) is 142 cm³/mol. The first-order valence-corrected chi connectivity index (χ1v) is 12.5. The minimum Gasteiger partial charge on any atom is -0.397 e. The Labute approximate surface area is 212 Å². The molecule has 2 aromatic heterocycles. The summed E-state index contributed by atoms with van der Waals surface area (Å²) in [6.07, 6.45) is 0.896. The molecule has 5 rings (SSSR count). The molecule has 0 atom stereocenters. The van der Waals surface area contributed by atoms with Gasteiger partial charge in [0.2, 0.25) is 0 Å². The number of fused-ring (bicyclic) bond motifs is 1. The number of amides is 1. The molecule has 4 N–H and O–H groups in total. The van der Waals surface area contributed by atoms with E-state index in [9.17, 15) is 14.4 Å². The Morgan fingerprint density at radius 2 is 1.75 bits per heavy atom. The lowest BCUT2D eigenvalue weighted by atomic mass is 9.96. The van der Waals surface area contributed by atoms with Gasteiger partial charge in [-0.3, -0.25) is 4.79 Å². The molecule has 1 aliphatic heterocycles. The van der Waals surface area contributed by atoms with Crippen LogP contribution in [0, 0.1) is 17.1 Å². The molecule has 3 heterocycles. The van der Waals surface area contributed by atoms with Crippen molar-refractivity contribution in [1.29, 1.82) is 5.26 Å². The summed E-state index contributed by atoms with van der Waals surface area (Å²) in [5.74, 6) is -0.325. The van der Waals surface area contributed by atoms with E-state index in [1.165, 1.54) is 29.0 Å². The quantitative estimate of drug-likeness (QED) is 0.421. The Bertz CT molecular complexity index is 1480. The topological polar surface area (TPSA) is 112 Å². The number of nitrogen functional groups attached to an aromatic ring is 2. The molecule has 0 saturated carbocycles. The summed E-state index contributed by atoms with van der Waals surface area (Å²) >= 11 is 1.20. The normalized spacial score (nSPS) is 13.7. The summed E-state index contributed by atoms with van der Waals surface area (Å²) in [5.41, 5.74) is 16.8. The summed E-state index contributed by atoms with van der Waals surface area (Å²) in [6.45, 7) is 4.34. The first-order chi connectivity index (χ1) is 17.4. The van der Waals surface area contributed by atoms with Crippen molar-refractivity contribution >= 4 is 44.7 Å².